The molecule has 21 heavy (non-hydrogen) atoms. The van der Waals surface area contributed by atoms with E-state index in [9.17, 15) is 4.79 Å². The van der Waals surface area contributed by atoms with E-state index >= 15 is 0 Å². The number of hydrogen-bond acceptors (Lipinski definition) is 5. The number of aromatic nitrogens is 3. The maximum atomic E-state index is 12.2. The largest absolute Gasteiger partial charge is 0.455 e. The maximum absolute atomic E-state index is 12.2. The molecule has 3 heterocycles. The van der Waals surface area contributed by atoms with Gasteiger partial charge in [0.05, 0.1) is 12.2 Å². The molecule has 0 aliphatic rings. The molecule has 0 unspecified atom stereocenters. The molecule has 0 saturated carbocycles. The lowest BCUT2D eigenvalue weighted by atomic mass is 10.3. The second-order valence-electron chi connectivity index (χ2n) is 4.25. The molecular formula is C14H13N5O2. The second kappa shape index (κ2) is 5.59. The van der Waals surface area contributed by atoms with Crippen LogP contribution in [0.1, 0.15) is 16.3 Å². The van der Waals surface area contributed by atoms with E-state index in [-0.39, 0.29) is 18.2 Å². The minimum Gasteiger partial charge on any atom is -0.455 e. The van der Waals surface area contributed by atoms with Gasteiger partial charge >= 0.3 is 0 Å². The number of nitrogens with two attached hydrogens (primary N) is 1. The van der Waals surface area contributed by atoms with Gasteiger partial charge in [-0.2, -0.15) is 5.10 Å². The van der Waals surface area contributed by atoms with E-state index in [1.54, 1.807) is 53.6 Å². The molecule has 1 amide bonds. The Morgan fingerprint density at radius 2 is 2.19 bits per heavy atom. The average Bonchev–Trinajstić information content (AvgIpc) is 3.19. The van der Waals surface area contributed by atoms with Gasteiger partial charge in [-0.1, -0.05) is 0 Å². The summed E-state index contributed by atoms with van der Waals surface area (Å²) in [4.78, 5) is 16.4. The summed E-state index contributed by atoms with van der Waals surface area (Å²) >= 11 is 0. The SMILES string of the molecule is NCc1ccc(C(=O)Nc2cccnc2-n2cccn2)o1. The summed E-state index contributed by atoms with van der Waals surface area (Å²) in [6.07, 6.45) is 5.02. The molecule has 0 bridgehead atoms. The van der Waals surface area contributed by atoms with Crippen molar-refractivity contribution in [2.75, 3.05) is 5.32 Å². The molecule has 0 aliphatic heterocycles. The molecule has 3 rings (SSSR count). The molecule has 0 aliphatic carbocycles. The summed E-state index contributed by atoms with van der Waals surface area (Å²) in [5.41, 5.74) is 6.00. The number of hydrogen-bond donors (Lipinski definition) is 2. The number of pyridine rings is 1. The predicted octanol–water partition coefficient (Wildman–Crippen LogP) is 1.57. The highest BCUT2D eigenvalue weighted by Gasteiger charge is 2.14. The van der Waals surface area contributed by atoms with Crippen molar-refractivity contribution in [3.05, 3.63) is 60.4 Å². The first-order valence-corrected chi connectivity index (χ1v) is 6.33. The van der Waals surface area contributed by atoms with Crippen LogP contribution in [0.25, 0.3) is 5.82 Å². The summed E-state index contributed by atoms with van der Waals surface area (Å²) in [6, 6.07) is 8.51. The molecule has 7 heteroatoms. The number of furan rings is 1. The van der Waals surface area contributed by atoms with Crippen molar-refractivity contribution in [1.82, 2.24) is 14.8 Å². The fraction of sp³-hybridized carbons (Fsp3) is 0.0714. The van der Waals surface area contributed by atoms with Gasteiger partial charge in [-0.05, 0) is 30.3 Å². The molecule has 0 atom stereocenters. The number of anilines is 1. The number of nitrogens with one attached hydrogen (secondary N) is 1. The quantitative estimate of drug-likeness (QED) is 0.757. The van der Waals surface area contributed by atoms with E-state index in [0.717, 1.165) is 0 Å². The molecule has 3 aromatic heterocycles. The Morgan fingerprint density at radius 1 is 1.29 bits per heavy atom. The highest BCUT2D eigenvalue weighted by atomic mass is 16.4. The maximum Gasteiger partial charge on any atom is 0.291 e. The Hall–Kier alpha value is -2.93. The zero-order valence-electron chi connectivity index (χ0n) is 11.1. The van der Waals surface area contributed by atoms with Crippen molar-refractivity contribution < 1.29 is 9.21 Å². The molecule has 0 saturated heterocycles. The average molecular weight is 283 g/mol. The zero-order chi connectivity index (χ0) is 14.7. The van der Waals surface area contributed by atoms with Crippen LogP contribution in [0.3, 0.4) is 0 Å². The third kappa shape index (κ3) is 2.67. The first-order valence-electron chi connectivity index (χ1n) is 6.33. The Bertz CT molecular complexity index is 748. The standard InChI is InChI=1S/C14H13N5O2/c15-9-10-4-5-12(21-10)14(20)18-11-3-1-6-16-13(11)19-8-2-7-17-19/h1-8H,9,15H2,(H,18,20). The fourth-order valence-corrected chi connectivity index (χ4v) is 1.86. The Morgan fingerprint density at radius 3 is 2.90 bits per heavy atom. The summed E-state index contributed by atoms with van der Waals surface area (Å²) < 4.78 is 6.89. The van der Waals surface area contributed by atoms with E-state index in [2.05, 4.69) is 15.4 Å². The van der Waals surface area contributed by atoms with Gasteiger partial charge in [-0.25, -0.2) is 9.67 Å². The molecule has 0 fully saturated rings. The van der Waals surface area contributed by atoms with Crippen molar-refractivity contribution in [3.63, 3.8) is 0 Å². The van der Waals surface area contributed by atoms with Crippen molar-refractivity contribution in [3.8, 4) is 5.82 Å². The van der Waals surface area contributed by atoms with Gasteiger partial charge in [0, 0.05) is 18.6 Å². The third-order valence-electron chi connectivity index (χ3n) is 2.84. The molecular weight excluding hydrogens is 270 g/mol. The molecule has 3 N–H and O–H groups in total. The van der Waals surface area contributed by atoms with Gasteiger partial charge in [-0.15, -0.1) is 0 Å². The Kier molecular flexibility index (Phi) is 3.48. The van der Waals surface area contributed by atoms with E-state index in [1.165, 1.54) is 0 Å². The van der Waals surface area contributed by atoms with Crippen LogP contribution in [-0.4, -0.2) is 20.7 Å². The van der Waals surface area contributed by atoms with E-state index in [0.29, 0.717) is 17.3 Å². The van der Waals surface area contributed by atoms with Crippen molar-refractivity contribution >= 4 is 11.6 Å². The smallest absolute Gasteiger partial charge is 0.291 e. The minimum atomic E-state index is -0.365. The summed E-state index contributed by atoms with van der Waals surface area (Å²) in [5, 5.41) is 6.86. The highest BCUT2D eigenvalue weighted by molar-refractivity contribution is 6.03. The normalized spacial score (nSPS) is 10.5. The Labute approximate surface area is 120 Å². The summed E-state index contributed by atoms with van der Waals surface area (Å²) in [7, 11) is 0. The lowest BCUT2D eigenvalue weighted by molar-refractivity contribution is 0.0995. The zero-order valence-corrected chi connectivity index (χ0v) is 11.1. The number of nitrogens with zero attached hydrogens (tertiary/aromatic N) is 3. The van der Waals surface area contributed by atoms with Crippen LogP contribution in [0.2, 0.25) is 0 Å². The van der Waals surface area contributed by atoms with E-state index in [4.69, 9.17) is 10.2 Å². The first-order chi connectivity index (χ1) is 10.3. The van der Waals surface area contributed by atoms with Crippen LogP contribution in [0.5, 0.6) is 0 Å². The number of carbonyl (C=O) groups is 1. The van der Waals surface area contributed by atoms with Gasteiger partial charge < -0.3 is 15.5 Å². The van der Waals surface area contributed by atoms with Crippen LogP contribution >= 0.6 is 0 Å². The molecule has 0 aromatic carbocycles. The predicted molar refractivity (Wildman–Crippen MR) is 75.9 cm³/mol. The van der Waals surface area contributed by atoms with Crippen LogP contribution in [0.15, 0.2) is 53.3 Å². The second-order valence-corrected chi connectivity index (χ2v) is 4.25. The van der Waals surface area contributed by atoms with Crippen molar-refractivity contribution in [2.45, 2.75) is 6.54 Å². The fourth-order valence-electron chi connectivity index (χ4n) is 1.86. The van der Waals surface area contributed by atoms with Crippen molar-refractivity contribution in [2.24, 2.45) is 5.73 Å². The van der Waals surface area contributed by atoms with Gasteiger partial charge in [0.15, 0.2) is 11.6 Å². The molecule has 0 radical (unpaired) electrons. The van der Waals surface area contributed by atoms with Gasteiger partial charge in [-0.3, -0.25) is 4.79 Å². The molecule has 0 spiro atoms. The molecule has 3 aromatic rings. The topological polar surface area (TPSA) is 99.0 Å². The lowest BCUT2D eigenvalue weighted by Gasteiger charge is -2.08. The van der Waals surface area contributed by atoms with Gasteiger partial charge in [0.2, 0.25) is 0 Å². The van der Waals surface area contributed by atoms with E-state index < -0.39 is 0 Å². The van der Waals surface area contributed by atoms with Crippen LogP contribution in [0.4, 0.5) is 5.69 Å². The van der Waals surface area contributed by atoms with E-state index in [1.807, 2.05) is 0 Å². The Balaban J connectivity index is 1.86. The summed E-state index contributed by atoms with van der Waals surface area (Å²) in [5.74, 6) is 0.918. The van der Waals surface area contributed by atoms with Gasteiger partial charge in [0.1, 0.15) is 5.76 Å². The monoisotopic (exact) mass is 283 g/mol. The number of carbonyl (C=O) groups excluding carboxylic acids is 1. The van der Waals surface area contributed by atoms with Crippen LogP contribution < -0.4 is 11.1 Å². The summed E-state index contributed by atoms with van der Waals surface area (Å²) in [6.45, 7) is 0.249. The highest BCUT2D eigenvalue weighted by Crippen LogP contribution is 2.18. The van der Waals surface area contributed by atoms with Crippen molar-refractivity contribution in [1.29, 1.82) is 0 Å². The van der Waals surface area contributed by atoms with Gasteiger partial charge in [0.25, 0.3) is 5.91 Å². The third-order valence-corrected chi connectivity index (χ3v) is 2.84. The molecule has 106 valence electrons. The first kappa shape index (κ1) is 13.1. The number of amides is 1. The van der Waals surface area contributed by atoms with Crippen LogP contribution in [-0.2, 0) is 6.54 Å². The minimum absolute atomic E-state index is 0.200. The van der Waals surface area contributed by atoms with Crippen LogP contribution in [0, 0.1) is 0 Å². The number of rotatable bonds is 4. The molecule has 7 nitrogen and oxygen atoms in total. The lowest BCUT2D eigenvalue weighted by Crippen LogP contribution is -2.14.